The van der Waals surface area contributed by atoms with Crippen LogP contribution in [0.1, 0.15) is 22.8 Å². The second-order valence-electron chi connectivity index (χ2n) is 8.24. The van der Waals surface area contributed by atoms with Crippen LogP contribution in [0, 0.1) is 0 Å². The molecule has 1 amide bonds. The van der Waals surface area contributed by atoms with Crippen molar-refractivity contribution in [1.29, 1.82) is 0 Å². The molecule has 12 heteroatoms. The smallest absolute Gasteiger partial charge is 0.378 e. The Labute approximate surface area is 196 Å². The predicted octanol–water partition coefficient (Wildman–Crippen LogP) is 2.47. The highest BCUT2D eigenvalue weighted by Gasteiger charge is 2.36. The van der Waals surface area contributed by atoms with Gasteiger partial charge >= 0.3 is 6.18 Å². The summed E-state index contributed by atoms with van der Waals surface area (Å²) in [6.07, 6.45) is -3.02. The first-order valence-electron chi connectivity index (χ1n) is 10.8. The molecule has 0 spiro atoms. The van der Waals surface area contributed by atoms with Crippen molar-refractivity contribution >= 4 is 21.7 Å². The van der Waals surface area contributed by atoms with Crippen molar-refractivity contribution in [2.45, 2.75) is 24.0 Å². The van der Waals surface area contributed by atoms with Gasteiger partial charge in [0, 0.05) is 45.0 Å². The van der Waals surface area contributed by atoms with E-state index < -0.39 is 27.8 Å². The molecule has 1 aromatic heterocycles. The number of carbonyl (C=O) groups excluding carboxylic acids is 1. The molecule has 4 rings (SSSR count). The number of hydrogen-bond acceptors (Lipinski definition) is 6. The lowest BCUT2D eigenvalue weighted by Gasteiger charge is -2.39. The highest BCUT2D eigenvalue weighted by Crippen LogP contribution is 2.30. The van der Waals surface area contributed by atoms with Crippen molar-refractivity contribution in [2.24, 2.45) is 0 Å². The average molecular weight is 499 g/mol. The van der Waals surface area contributed by atoms with E-state index in [0.29, 0.717) is 18.8 Å². The number of benzene rings is 1. The van der Waals surface area contributed by atoms with Gasteiger partial charge in [-0.2, -0.15) is 17.5 Å². The Kier molecular flexibility index (Phi) is 6.83. The zero-order valence-electron chi connectivity index (χ0n) is 18.5. The lowest BCUT2D eigenvalue weighted by atomic mass is 10.1. The van der Waals surface area contributed by atoms with Gasteiger partial charge in [0.15, 0.2) is 0 Å². The second-order valence-corrected chi connectivity index (χ2v) is 10.2. The molecule has 0 radical (unpaired) electrons. The lowest BCUT2D eigenvalue weighted by molar-refractivity contribution is -0.137. The summed E-state index contributed by atoms with van der Waals surface area (Å²) in [6, 6.07) is 6.49. The van der Waals surface area contributed by atoms with Crippen LogP contribution in [-0.4, -0.2) is 80.5 Å². The fourth-order valence-electron chi connectivity index (χ4n) is 4.07. The standard InChI is InChI=1S/C22H25F3N4O4S/c1-16-15-28(34(31,32)19-5-3-18(4-6-19)22(23,24)25)8-9-29(16)21(30)17-2-7-20(26-14-17)27-10-12-33-13-11-27/h2-7,14,16H,8-13,15H2,1H3/t16-/m0/s1. The van der Waals surface area contributed by atoms with Crippen LogP contribution in [0.5, 0.6) is 0 Å². The highest BCUT2D eigenvalue weighted by molar-refractivity contribution is 7.89. The van der Waals surface area contributed by atoms with Gasteiger partial charge in [0.1, 0.15) is 5.82 Å². The van der Waals surface area contributed by atoms with E-state index in [1.54, 1.807) is 24.0 Å². The number of sulfonamides is 1. The number of rotatable bonds is 4. The number of pyridine rings is 1. The van der Waals surface area contributed by atoms with Crippen molar-refractivity contribution < 1.29 is 31.1 Å². The van der Waals surface area contributed by atoms with Gasteiger partial charge in [-0.3, -0.25) is 4.79 Å². The summed E-state index contributed by atoms with van der Waals surface area (Å²) >= 11 is 0. The highest BCUT2D eigenvalue weighted by atomic mass is 32.2. The van der Waals surface area contributed by atoms with Gasteiger partial charge in [-0.25, -0.2) is 13.4 Å². The Morgan fingerprint density at radius 3 is 2.26 bits per heavy atom. The number of piperazine rings is 1. The number of amides is 1. The SMILES string of the molecule is C[C@H]1CN(S(=O)(=O)c2ccc(C(F)(F)F)cc2)CCN1C(=O)c1ccc(N2CCOCC2)nc1. The number of anilines is 1. The van der Waals surface area contributed by atoms with E-state index in [1.807, 2.05) is 0 Å². The molecule has 2 aromatic rings. The third kappa shape index (κ3) is 5.03. The van der Waals surface area contributed by atoms with Crippen LogP contribution >= 0.6 is 0 Å². The van der Waals surface area contributed by atoms with Crippen LogP contribution in [-0.2, 0) is 20.9 Å². The monoisotopic (exact) mass is 498 g/mol. The predicted molar refractivity (Wildman–Crippen MR) is 118 cm³/mol. The maximum atomic E-state index is 13.0. The molecule has 0 saturated carbocycles. The average Bonchev–Trinajstić information content (AvgIpc) is 2.84. The van der Waals surface area contributed by atoms with Crippen LogP contribution in [0.2, 0.25) is 0 Å². The molecule has 34 heavy (non-hydrogen) atoms. The van der Waals surface area contributed by atoms with Crippen LogP contribution in [0.3, 0.4) is 0 Å². The Hall–Kier alpha value is -2.70. The van der Waals surface area contributed by atoms with Crippen LogP contribution in [0.4, 0.5) is 19.0 Å². The molecule has 1 atom stereocenters. The zero-order chi connectivity index (χ0) is 24.5. The molecular weight excluding hydrogens is 473 g/mol. The van der Waals surface area contributed by atoms with Gasteiger partial charge in [0.2, 0.25) is 10.0 Å². The van der Waals surface area contributed by atoms with Crippen molar-refractivity contribution in [1.82, 2.24) is 14.2 Å². The number of hydrogen-bond donors (Lipinski definition) is 0. The first kappa shape index (κ1) is 24.4. The molecule has 2 saturated heterocycles. The molecule has 8 nitrogen and oxygen atoms in total. The third-order valence-electron chi connectivity index (χ3n) is 6.00. The first-order chi connectivity index (χ1) is 16.1. The summed E-state index contributed by atoms with van der Waals surface area (Å²) in [5, 5.41) is 0. The van der Waals surface area contributed by atoms with E-state index >= 15 is 0 Å². The summed E-state index contributed by atoms with van der Waals surface area (Å²) in [4.78, 5) is 20.9. The lowest BCUT2D eigenvalue weighted by Crippen LogP contribution is -2.55. The zero-order valence-corrected chi connectivity index (χ0v) is 19.3. The minimum Gasteiger partial charge on any atom is -0.378 e. The van der Waals surface area contributed by atoms with E-state index in [9.17, 15) is 26.4 Å². The fraction of sp³-hybridized carbons (Fsp3) is 0.455. The van der Waals surface area contributed by atoms with E-state index in [4.69, 9.17) is 4.74 Å². The van der Waals surface area contributed by atoms with Crippen LogP contribution in [0.15, 0.2) is 47.5 Å². The first-order valence-corrected chi connectivity index (χ1v) is 12.3. The normalized spacial score (nSPS) is 20.4. The molecular formula is C22H25F3N4O4S. The molecule has 0 aliphatic carbocycles. The maximum Gasteiger partial charge on any atom is 0.416 e. The number of nitrogens with zero attached hydrogens (tertiary/aromatic N) is 4. The van der Waals surface area contributed by atoms with Gasteiger partial charge in [-0.05, 0) is 43.3 Å². The van der Waals surface area contributed by atoms with Gasteiger partial charge in [0.25, 0.3) is 5.91 Å². The van der Waals surface area contributed by atoms with Gasteiger partial charge in [-0.1, -0.05) is 0 Å². The number of alkyl halides is 3. The summed E-state index contributed by atoms with van der Waals surface area (Å²) < 4.78 is 70.8. The summed E-state index contributed by atoms with van der Waals surface area (Å²) in [5.74, 6) is 0.514. The van der Waals surface area contributed by atoms with Crippen molar-refractivity contribution in [3.8, 4) is 0 Å². The van der Waals surface area contributed by atoms with Gasteiger partial charge < -0.3 is 14.5 Å². The second kappa shape index (κ2) is 9.51. The van der Waals surface area contributed by atoms with Crippen LogP contribution in [0.25, 0.3) is 0 Å². The quantitative estimate of drug-likeness (QED) is 0.644. The van der Waals surface area contributed by atoms with Crippen molar-refractivity contribution in [2.75, 3.05) is 50.8 Å². The van der Waals surface area contributed by atoms with E-state index in [-0.39, 0.29) is 30.4 Å². The Balaban J connectivity index is 1.42. The minimum atomic E-state index is -4.54. The molecule has 3 heterocycles. The topological polar surface area (TPSA) is 83.1 Å². The Bertz CT molecular complexity index is 1120. The molecule has 1 aromatic carbocycles. The molecule has 0 N–H and O–H groups in total. The number of carbonyl (C=O) groups is 1. The molecule has 0 bridgehead atoms. The van der Waals surface area contributed by atoms with Crippen LogP contribution < -0.4 is 4.90 Å². The Morgan fingerprint density at radius 2 is 1.71 bits per heavy atom. The number of aromatic nitrogens is 1. The van der Waals surface area contributed by atoms with Gasteiger partial charge in [-0.15, -0.1) is 0 Å². The summed E-state index contributed by atoms with van der Waals surface area (Å²) in [6.45, 7) is 4.68. The van der Waals surface area contributed by atoms with Crippen molar-refractivity contribution in [3.63, 3.8) is 0 Å². The molecule has 2 aliphatic rings. The number of ether oxygens (including phenoxy) is 1. The minimum absolute atomic E-state index is 0.0361. The fourth-order valence-corrected chi connectivity index (χ4v) is 5.58. The summed E-state index contributed by atoms with van der Waals surface area (Å²) in [5.41, 5.74) is -0.508. The molecule has 184 valence electrons. The number of halogens is 3. The maximum absolute atomic E-state index is 13.0. The number of morpholine rings is 1. The molecule has 0 unspecified atom stereocenters. The third-order valence-corrected chi connectivity index (χ3v) is 7.88. The van der Waals surface area contributed by atoms with E-state index in [1.165, 1.54) is 10.5 Å². The van der Waals surface area contributed by atoms with E-state index in [0.717, 1.165) is 43.2 Å². The van der Waals surface area contributed by atoms with E-state index in [2.05, 4.69) is 9.88 Å². The van der Waals surface area contributed by atoms with Crippen molar-refractivity contribution in [3.05, 3.63) is 53.7 Å². The molecule has 2 aliphatic heterocycles. The Morgan fingerprint density at radius 1 is 1.03 bits per heavy atom. The summed E-state index contributed by atoms with van der Waals surface area (Å²) in [7, 11) is -3.99. The largest absolute Gasteiger partial charge is 0.416 e. The van der Waals surface area contributed by atoms with Gasteiger partial charge in [0.05, 0.1) is 29.2 Å². The molecule has 2 fully saturated rings.